The van der Waals surface area contributed by atoms with Crippen molar-refractivity contribution in [3.63, 3.8) is 0 Å². The summed E-state index contributed by atoms with van der Waals surface area (Å²) in [6.07, 6.45) is 0. The quantitative estimate of drug-likeness (QED) is 0.852. The number of hydrogen-bond donors (Lipinski definition) is 1. The Morgan fingerprint density at radius 3 is 2.53 bits per heavy atom. The smallest absolute Gasteiger partial charge is 0.0794 e. The normalized spacial score (nSPS) is 18.6. The molecule has 3 heteroatoms. The van der Waals surface area contributed by atoms with E-state index in [4.69, 9.17) is 10.5 Å². The average Bonchev–Trinajstić information content (AvgIpc) is 2.17. The van der Waals surface area contributed by atoms with Gasteiger partial charge in [0.2, 0.25) is 0 Å². The van der Waals surface area contributed by atoms with Gasteiger partial charge in [-0.2, -0.15) is 0 Å². The van der Waals surface area contributed by atoms with E-state index < -0.39 is 0 Å². The summed E-state index contributed by atoms with van der Waals surface area (Å²) in [6.45, 7) is 6.52. The van der Waals surface area contributed by atoms with Crippen molar-refractivity contribution in [1.29, 1.82) is 0 Å². The van der Waals surface area contributed by atoms with Gasteiger partial charge in [0.05, 0.1) is 18.0 Å². The molecule has 0 atom stereocenters. The van der Waals surface area contributed by atoms with Crippen LogP contribution < -0.4 is 5.73 Å². The van der Waals surface area contributed by atoms with E-state index in [0.717, 1.165) is 13.2 Å². The van der Waals surface area contributed by atoms with Crippen LogP contribution in [-0.2, 0) is 4.74 Å². The Morgan fingerprint density at radius 1 is 1.33 bits per heavy atom. The lowest BCUT2D eigenvalue weighted by molar-refractivity contribution is -0.00434. The summed E-state index contributed by atoms with van der Waals surface area (Å²) >= 11 is 1.85. The van der Waals surface area contributed by atoms with E-state index >= 15 is 0 Å². The van der Waals surface area contributed by atoms with Crippen LogP contribution in [0.5, 0.6) is 0 Å². The molecule has 0 saturated carbocycles. The maximum absolute atomic E-state index is 5.78. The number of rotatable bonds is 3. The molecule has 2 rings (SSSR count). The molecule has 0 bridgehead atoms. The van der Waals surface area contributed by atoms with Gasteiger partial charge in [-0.25, -0.2) is 0 Å². The largest absolute Gasteiger partial charge is 0.378 e. The SMILES string of the molecule is Cc1ccc(SC2(CN)COC2)cc1C. The molecular formula is C12H17NOS. The zero-order chi connectivity index (χ0) is 10.9. The van der Waals surface area contributed by atoms with Gasteiger partial charge in [-0.15, -0.1) is 11.8 Å². The zero-order valence-corrected chi connectivity index (χ0v) is 10.1. The lowest BCUT2D eigenvalue weighted by Gasteiger charge is -2.39. The second-order valence-electron chi connectivity index (χ2n) is 4.23. The van der Waals surface area contributed by atoms with Crippen LogP contribution >= 0.6 is 11.8 Å². The molecule has 0 unspecified atom stereocenters. The molecular weight excluding hydrogens is 206 g/mol. The Hall–Kier alpha value is -0.510. The van der Waals surface area contributed by atoms with E-state index in [-0.39, 0.29) is 4.75 Å². The van der Waals surface area contributed by atoms with Crippen molar-refractivity contribution in [2.75, 3.05) is 19.8 Å². The minimum Gasteiger partial charge on any atom is -0.378 e. The fourth-order valence-corrected chi connectivity index (χ4v) is 2.82. The van der Waals surface area contributed by atoms with Crippen LogP contribution in [-0.4, -0.2) is 24.5 Å². The molecule has 2 nitrogen and oxygen atoms in total. The summed E-state index contributed by atoms with van der Waals surface area (Å²) in [4.78, 5) is 1.30. The fourth-order valence-electron chi connectivity index (χ4n) is 1.58. The number of benzene rings is 1. The monoisotopic (exact) mass is 223 g/mol. The van der Waals surface area contributed by atoms with Gasteiger partial charge < -0.3 is 10.5 Å². The highest BCUT2D eigenvalue weighted by atomic mass is 32.2. The van der Waals surface area contributed by atoms with Gasteiger partial charge in [0.1, 0.15) is 0 Å². The van der Waals surface area contributed by atoms with Gasteiger partial charge in [-0.3, -0.25) is 0 Å². The summed E-state index contributed by atoms with van der Waals surface area (Å²) < 4.78 is 5.38. The van der Waals surface area contributed by atoms with Crippen LogP contribution in [0.1, 0.15) is 11.1 Å². The van der Waals surface area contributed by atoms with Crippen LogP contribution in [0.3, 0.4) is 0 Å². The Balaban J connectivity index is 2.13. The Bertz CT molecular complexity index is 355. The maximum Gasteiger partial charge on any atom is 0.0794 e. The summed E-state index contributed by atoms with van der Waals surface area (Å²) in [5.41, 5.74) is 8.46. The molecule has 1 aromatic carbocycles. The summed E-state index contributed by atoms with van der Waals surface area (Å²) in [6, 6.07) is 6.57. The number of thioether (sulfide) groups is 1. The summed E-state index contributed by atoms with van der Waals surface area (Å²) in [7, 11) is 0. The molecule has 1 aliphatic heterocycles. The highest BCUT2D eigenvalue weighted by Crippen LogP contribution is 2.38. The maximum atomic E-state index is 5.78. The second-order valence-corrected chi connectivity index (χ2v) is 5.77. The van der Waals surface area contributed by atoms with E-state index in [1.807, 2.05) is 11.8 Å². The highest BCUT2D eigenvalue weighted by molar-refractivity contribution is 8.00. The topological polar surface area (TPSA) is 35.2 Å². The van der Waals surface area contributed by atoms with Gasteiger partial charge in [-0.1, -0.05) is 6.07 Å². The average molecular weight is 223 g/mol. The third-order valence-electron chi connectivity index (χ3n) is 2.91. The molecule has 15 heavy (non-hydrogen) atoms. The van der Waals surface area contributed by atoms with Crippen molar-refractivity contribution in [1.82, 2.24) is 0 Å². The number of ether oxygens (including phenoxy) is 1. The first-order valence-electron chi connectivity index (χ1n) is 5.19. The van der Waals surface area contributed by atoms with Gasteiger partial charge in [-0.05, 0) is 37.1 Å². The molecule has 0 spiro atoms. The van der Waals surface area contributed by atoms with Gasteiger partial charge in [0.25, 0.3) is 0 Å². The summed E-state index contributed by atoms with van der Waals surface area (Å²) in [5.74, 6) is 0. The van der Waals surface area contributed by atoms with Crippen LogP contribution in [0.2, 0.25) is 0 Å². The van der Waals surface area contributed by atoms with E-state index in [9.17, 15) is 0 Å². The molecule has 2 N–H and O–H groups in total. The number of aryl methyl sites for hydroxylation is 2. The Kier molecular flexibility index (Phi) is 3.05. The first-order valence-corrected chi connectivity index (χ1v) is 6.01. The molecule has 1 saturated heterocycles. The van der Waals surface area contributed by atoms with Crippen LogP contribution in [0.4, 0.5) is 0 Å². The highest BCUT2D eigenvalue weighted by Gasteiger charge is 2.38. The molecule has 1 heterocycles. The van der Waals surface area contributed by atoms with Crippen molar-refractivity contribution < 1.29 is 4.74 Å². The van der Waals surface area contributed by atoms with Crippen molar-refractivity contribution in [2.24, 2.45) is 5.73 Å². The van der Waals surface area contributed by atoms with Crippen molar-refractivity contribution in [3.8, 4) is 0 Å². The lowest BCUT2D eigenvalue weighted by Crippen LogP contribution is -2.52. The first kappa shape index (κ1) is 11.0. The second kappa shape index (κ2) is 4.16. The predicted octanol–water partition coefficient (Wildman–Crippen LogP) is 2.12. The fraction of sp³-hybridized carbons (Fsp3) is 0.500. The number of hydrogen-bond acceptors (Lipinski definition) is 3. The zero-order valence-electron chi connectivity index (χ0n) is 9.25. The van der Waals surface area contributed by atoms with Crippen molar-refractivity contribution in [2.45, 2.75) is 23.5 Å². The summed E-state index contributed by atoms with van der Waals surface area (Å²) in [5, 5.41) is 0. The van der Waals surface area contributed by atoms with E-state index in [1.165, 1.54) is 16.0 Å². The first-order chi connectivity index (χ1) is 7.15. The van der Waals surface area contributed by atoms with E-state index in [1.54, 1.807) is 0 Å². The lowest BCUT2D eigenvalue weighted by atomic mass is 10.1. The van der Waals surface area contributed by atoms with Crippen LogP contribution in [0, 0.1) is 13.8 Å². The van der Waals surface area contributed by atoms with E-state index in [0.29, 0.717) is 6.54 Å². The predicted molar refractivity (Wildman–Crippen MR) is 64.4 cm³/mol. The molecule has 1 aliphatic rings. The third-order valence-corrected chi connectivity index (χ3v) is 4.24. The molecule has 1 fully saturated rings. The molecule has 1 aromatic rings. The van der Waals surface area contributed by atoms with Crippen molar-refractivity contribution >= 4 is 11.8 Å². The van der Waals surface area contributed by atoms with Crippen LogP contribution in [0.15, 0.2) is 23.1 Å². The Labute approximate surface area is 95.2 Å². The van der Waals surface area contributed by atoms with E-state index in [2.05, 4.69) is 32.0 Å². The van der Waals surface area contributed by atoms with Crippen LogP contribution in [0.25, 0.3) is 0 Å². The molecule has 0 aliphatic carbocycles. The minimum absolute atomic E-state index is 0.127. The molecule has 82 valence electrons. The molecule has 0 radical (unpaired) electrons. The van der Waals surface area contributed by atoms with Gasteiger partial charge >= 0.3 is 0 Å². The minimum atomic E-state index is 0.127. The van der Waals surface area contributed by atoms with Crippen molar-refractivity contribution in [3.05, 3.63) is 29.3 Å². The number of nitrogens with two attached hydrogens (primary N) is 1. The van der Waals surface area contributed by atoms with Gasteiger partial charge in [0.15, 0.2) is 0 Å². The molecule has 0 aromatic heterocycles. The Morgan fingerprint density at radius 2 is 2.07 bits per heavy atom. The van der Waals surface area contributed by atoms with Gasteiger partial charge in [0, 0.05) is 11.4 Å². The third kappa shape index (κ3) is 2.19. The molecule has 0 amide bonds. The standard InChI is InChI=1S/C12H17NOS/c1-9-3-4-11(5-10(9)2)15-12(6-13)7-14-8-12/h3-5H,6-8,13H2,1-2H3.